The summed E-state index contributed by atoms with van der Waals surface area (Å²) in [6, 6.07) is 0. The van der Waals surface area contributed by atoms with Crippen LogP contribution in [0.2, 0.25) is 0 Å². The SMILES string of the molecule is CCNC(=NCCCN1CCCN(C)CC1)N1CCCC(C(=O)OCC)C1.I. The van der Waals surface area contributed by atoms with Gasteiger partial charge in [-0.25, -0.2) is 0 Å². The van der Waals surface area contributed by atoms with Crippen molar-refractivity contribution in [3.63, 3.8) is 0 Å². The van der Waals surface area contributed by atoms with Gasteiger partial charge >= 0.3 is 5.97 Å². The molecule has 0 aliphatic carbocycles. The van der Waals surface area contributed by atoms with Crippen LogP contribution in [0.15, 0.2) is 4.99 Å². The van der Waals surface area contributed by atoms with Gasteiger partial charge in [0.25, 0.3) is 0 Å². The number of ether oxygens (including phenoxy) is 1. The van der Waals surface area contributed by atoms with E-state index in [2.05, 4.69) is 34.0 Å². The molecule has 2 heterocycles. The molecule has 2 saturated heterocycles. The van der Waals surface area contributed by atoms with Crippen LogP contribution in [0.1, 0.15) is 39.5 Å². The minimum atomic E-state index is -0.0656. The Morgan fingerprint density at radius 3 is 2.71 bits per heavy atom. The van der Waals surface area contributed by atoms with Crippen molar-refractivity contribution in [1.29, 1.82) is 0 Å². The molecular formula is C20H40IN5O2. The van der Waals surface area contributed by atoms with E-state index in [9.17, 15) is 4.79 Å². The predicted octanol–water partition coefficient (Wildman–Crippen LogP) is 1.87. The molecule has 0 radical (unpaired) electrons. The van der Waals surface area contributed by atoms with Crippen molar-refractivity contribution in [2.45, 2.75) is 39.5 Å². The third-order valence-corrected chi connectivity index (χ3v) is 5.38. The minimum absolute atomic E-state index is 0. The number of carbonyl (C=O) groups excluding carboxylic acids is 1. The zero-order valence-electron chi connectivity index (χ0n) is 18.0. The summed E-state index contributed by atoms with van der Waals surface area (Å²) < 4.78 is 5.22. The van der Waals surface area contributed by atoms with Crippen LogP contribution in [-0.4, -0.2) is 99.2 Å². The van der Waals surface area contributed by atoms with E-state index >= 15 is 0 Å². The highest BCUT2D eigenvalue weighted by Gasteiger charge is 2.28. The summed E-state index contributed by atoms with van der Waals surface area (Å²) in [6.45, 7) is 13.6. The number of hydrogen-bond donors (Lipinski definition) is 1. The lowest BCUT2D eigenvalue weighted by Gasteiger charge is -2.34. The summed E-state index contributed by atoms with van der Waals surface area (Å²) in [5, 5.41) is 3.40. The minimum Gasteiger partial charge on any atom is -0.466 e. The molecule has 0 aromatic rings. The lowest BCUT2D eigenvalue weighted by Crippen LogP contribution is -2.48. The van der Waals surface area contributed by atoms with Crippen molar-refractivity contribution in [3.05, 3.63) is 0 Å². The van der Waals surface area contributed by atoms with Gasteiger partial charge in [-0.1, -0.05) is 0 Å². The normalized spacial score (nSPS) is 22.3. The summed E-state index contributed by atoms with van der Waals surface area (Å²) in [5.41, 5.74) is 0. The molecule has 0 aromatic carbocycles. The van der Waals surface area contributed by atoms with Crippen molar-refractivity contribution in [2.24, 2.45) is 10.9 Å². The molecule has 0 bridgehead atoms. The number of likely N-dealkylation sites (tertiary alicyclic amines) is 1. The largest absolute Gasteiger partial charge is 0.466 e. The molecule has 28 heavy (non-hydrogen) atoms. The van der Waals surface area contributed by atoms with E-state index in [4.69, 9.17) is 9.73 Å². The molecule has 1 atom stereocenters. The van der Waals surface area contributed by atoms with Crippen LogP contribution in [0.25, 0.3) is 0 Å². The van der Waals surface area contributed by atoms with Gasteiger partial charge in [0.1, 0.15) is 0 Å². The zero-order valence-corrected chi connectivity index (χ0v) is 20.3. The molecule has 7 nitrogen and oxygen atoms in total. The second kappa shape index (κ2) is 14.4. The fourth-order valence-electron chi connectivity index (χ4n) is 3.85. The molecule has 0 saturated carbocycles. The smallest absolute Gasteiger partial charge is 0.310 e. The first-order chi connectivity index (χ1) is 13.1. The van der Waals surface area contributed by atoms with Gasteiger partial charge < -0.3 is 24.8 Å². The number of esters is 1. The van der Waals surface area contributed by atoms with Crippen molar-refractivity contribution < 1.29 is 9.53 Å². The standard InChI is InChI=1S/C20H39N5O2.HI/c1-4-21-20(25-14-6-9-18(17-25)19(26)27-5-2)22-10-7-12-24-13-8-11-23(3)15-16-24;/h18H,4-17H2,1-3H3,(H,21,22);1H. The van der Waals surface area contributed by atoms with Gasteiger partial charge in [-0.2, -0.15) is 0 Å². The predicted molar refractivity (Wildman–Crippen MR) is 125 cm³/mol. The molecule has 0 spiro atoms. The highest BCUT2D eigenvalue weighted by molar-refractivity contribution is 14.0. The average molecular weight is 509 g/mol. The van der Waals surface area contributed by atoms with E-state index in [-0.39, 0.29) is 35.9 Å². The third-order valence-electron chi connectivity index (χ3n) is 5.38. The van der Waals surface area contributed by atoms with E-state index in [0.29, 0.717) is 13.2 Å². The monoisotopic (exact) mass is 509 g/mol. The van der Waals surface area contributed by atoms with Crippen LogP contribution in [0.4, 0.5) is 0 Å². The Morgan fingerprint density at radius 1 is 1.14 bits per heavy atom. The lowest BCUT2D eigenvalue weighted by atomic mass is 9.98. The number of piperidine rings is 1. The number of nitrogens with zero attached hydrogens (tertiary/aromatic N) is 4. The van der Waals surface area contributed by atoms with Crippen LogP contribution in [0.5, 0.6) is 0 Å². The Labute approximate surface area is 188 Å². The fourth-order valence-corrected chi connectivity index (χ4v) is 3.85. The van der Waals surface area contributed by atoms with Crippen molar-refractivity contribution >= 4 is 35.9 Å². The van der Waals surface area contributed by atoms with Gasteiger partial charge in [0.15, 0.2) is 5.96 Å². The summed E-state index contributed by atoms with van der Waals surface area (Å²) in [4.78, 5) is 24.1. The lowest BCUT2D eigenvalue weighted by molar-refractivity contribution is -0.149. The number of nitrogens with one attached hydrogen (secondary N) is 1. The van der Waals surface area contributed by atoms with Crippen LogP contribution in [-0.2, 0) is 9.53 Å². The Bertz CT molecular complexity index is 478. The maximum Gasteiger partial charge on any atom is 0.310 e. The van der Waals surface area contributed by atoms with Gasteiger partial charge in [-0.3, -0.25) is 9.79 Å². The van der Waals surface area contributed by atoms with Crippen molar-refractivity contribution in [2.75, 3.05) is 72.6 Å². The molecule has 8 heteroatoms. The van der Waals surface area contributed by atoms with E-state index in [1.54, 1.807) is 0 Å². The van der Waals surface area contributed by atoms with Gasteiger partial charge in [0, 0.05) is 39.3 Å². The van der Waals surface area contributed by atoms with E-state index in [0.717, 1.165) is 64.5 Å². The van der Waals surface area contributed by atoms with Crippen LogP contribution in [0.3, 0.4) is 0 Å². The Morgan fingerprint density at radius 2 is 1.96 bits per heavy atom. The summed E-state index contributed by atoms with van der Waals surface area (Å²) in [7, 11) is 2.21. The molecule has 2 fully saturated rings. The number of guanidine groups is 1. The van der Waals surface area contributed by atoms with E-state index < -0.39 is 0 Å². The number of rotatable bonds is 7. The third kappa shape index (κ3) is 8.82. The molecule has 1 N–H and O–H groups in total. The van der Waals surface area contributed by atoms with Crippen LogP contribution >= 0.6 is 24.0 Å². The van der Waals surface area contributed by atoms with Crippen molar-refractivity contribution in [1.82, 2.24) is 20.0 Å². The van der Waals surface area contributed by atoms with E-state index in [1.807, 2.05) is 6.92 Å². The maximum atomic E-state index is 12.1. The number of halogens is 1. The maximum absolute atomic E-state index is 12.1. The molecule has 2 aliphatic rings. The highest BCUT2D eigenvalue weighted by Crippen LogP contribution is 2.18. The summed E-state index contributed by atoms with van der Waals surface area (Å²) >= 11 is 0. The molecule has 2 aliphatic heterocycles. The Kier molecular flexibility index (Phi) is 13.1. The quantitative estimate of drug-likeness (QED) is 0.186. The molecule has 1 unspecified atom stereocenters. The summed E-state index contributed by atoms with van der Waals surface area (Å²) in [5.74, 6) is 0.850. The second-order valence-corrected chi connectivity index (χ2v) is 7.62. The first kappa shape index (κ1) is 25.4. The molecular weight excluding hydrogens is 469 g/mol. The highest BCUT2D eigenvalue weighted by atomic mass is 127. The topological polar surface area (TPSA) is 60.4 Å². The second-order valence-electron chi connectivity index (χ2n) is 7.62. The number of likely N-dealkylation sites (N-methyl/N-ethyl adjacent to an activating group) is 1. The van der Waals surface area contributed by atoms with Crippen molar-refractivity contribution in [3.8, 4) is 0 Å². The fraction of sp³-hybridized carbons (Fsp3) is 0.900. The molecule has 0 aromatic heterocycles. The molecule has 2 rings (SSSR count). The van der Waals surface area contributed by atoms with E-state index in [1.165, 1.54) is 19.5 Å². The molecule has 164 valence electrons. The first-order valence-electron chi connectivity index (χ1n) is 10.7. The summed E-state index contributed by atoms with van der Waals surface area (Å²) in [6.07, 6.45) is 4.26. The van der Waals surface area contributed by atoms with Crippen LogP contribution < -0.4 is 5.32 Å². The number of aliphatic imine (C=N–C) groups is 1. The number of hydrogen-bond acceptors (Lipinski definition) is 5. The molecule has 0 amide bonds. The average Bonchev–Trinajstić information content (AvgIpc) is 2.89. The Balaban J connectivity index is 0.00000392. The first-order valence-corrected chi connectivity index (χ1v) is 10.7. The zero-order chi connectivity index (χ0) is 19.5. The van der Waals surface area contributed by atoms with Gasteiger partial charge in [-0.15, -0.1) is 24.0 Å². The van der Waals surface area contributed by atoms with Gasteiger partial charge in [-0.05, 0) is 66.2 Å². The Hall–Kier alpha value is -0.610. The van der Waals surface area contributed by atoms with Gasteiger partial charge in [0.05, 0.1) is 12.5 Å². The number of carbonyl (C=O) groups is 1. The van der Waals surface area contributed by atoms with Gasteiger partial charge in [0.2, 0.25) is 0 Å². The van der Waals surface area contributed by atoms with Crippen LogP contribution in [0, 0.1) is 5.92 Å².